The molecule has 1 amide bonds. The molecule has 138 valence electrons. The number of rotatable bonds is 7. The number of ether oxygens (including phenoxy) is 2. The minimum Gasteiger partial charge on any atom is -0.490 e. The summed E-state index contributed by atoms with van der Waals surface area (Å²) in [6.45, 7) is 3.83. The molecule has 0 aromatic heterocycles. The van der Waals surface area contributed by atoms with E-state index in [2.05, 4.69) is 12.2 Å². The van der Waals surface area contributed by atoms with E-state index >= 15 is 0 Å². The summed E-state index contributed by atoms with van der Waals surface area (Å²) in [6, 6.07) is 15.4. The lowest BCUT2D eigenvalue weighted by molar-refractivity contribution is -0.122. The first kappa shape index (κ1) is 18.3. The summed E-state index contributed by atoms with van der Waals surface area (Å²) in [4.78, 5) is 12.4. The second-order valence-electron chi connectivity index (χ2n) is 6.76. The number of anilines is 1. The molecule has 26 heavy (non-hydrogen) atoms. The molecule has 1 fully saturated rings. The number of hydrogen-bond acceptors (Lipinski definition) is 3. The van der Waals surface area contributed by atoms with Crippen molar-refractivity contribution in [3.8, 4) is 11.5 Å². The first-order chi connectivity index (χ1) is 12.7. The molecule has 0 aliphatic heterocycles. The molecule has 0 radical (unpaired) electrons. The Morgan fingerprint density at radius 2 is 1.81 bits per heavy atom. The van der Waals surface area contributed by atoms with Gasteiger partial charge in [-0.05, 0) is 74.9 Å². The molecule has 0 unspecified atom stereocenters. The lowest BCUT2D eigenvalue weighted by atomic mass is 10.1. The SMILES string of the molecule is CCc1ccccc1O[C@H](C)C(=O)Nc1ccc(OC2CCCC2)cc1. The van der Waals surface area contributed by atoms with Crippen molar-refractivity contribution in [2.24, 2.45) is 0 Å². The average Bonchev–Trinajstić information content (AvgIpc) is 3.16. The van der Waals surface area contributed by atoms with Crippen molar-refractivity contribution < 1.29 is 14.3 Å². The van der Waals surface area contributed by atoms with E-state index in [4.69, 9.17) is 9.47 Å². The van der Waals surface area contributed by atoms with Crippen molar-refractivity contribution in [2.75, 3.05) is 5.32 Å². The van der Waals surface area contributed by atoms with E-state index in [1.807, 2.05) is 48.5 Å². The molecule has 0 bridgehead atoms. The van der Waals surface area contributed by atoms with Crippen molar-refractivity contribution in [1.82, 2.24) is 0 Å². The zero-order valence-electron chi connectivity index (χ0n) is 15.5. The van der Waals surface area contributed by atoms with Gasteiger partial charge in [0, 0.05) is 5.69 Å². The van der Waals surface area contributed by atoms with Gasteiger partial charge in [0.05, 0.1) is 6.10 Å². The molecule has 0 saturated heterocycles. The van der Waals surface area contributed by atoms with Crippen LogP contribution in [0.25, 0.3) is 0 Å². The predicted octanol–water partition coefficient (Wildman–Crippen LogP) is 4.98. The average molecular weight is 353 g/mol. The Morgan fingerprint density at radius 3 is 2.50 bits per heavy atom. The van der Waals surface area contributed by atoms with Crippen molar-refractivity contribution in [1.29, 1.82) is 0 Å². The fraction of sp³-hybridized carbons (Fsp3) is 0.409. The van der Waals surface area contributed by atoms with Gasteiger partial charge in [-0.25, -0.2) is 0 Å². The summed E-state index contributed by atoms with van der Waals surface area (Å²) in [6.07, 6.45) is 5.39. The molecule has 4 heteroatoms. The van der Waals surface area contributed by atoms with Crippen LogP contribution in [0.5, 0.6) is 11.5 Å². The van der Waals surface area contributed by atoms with Crippen molar-refractivity contribution >= 4 is 11.6 Å². The van der Waals surface area contributed by atoms with Crippen LogP contribution in [0.15, 0.2) is 48.5 Å². The number of hydrogen-bond donors (Lipinski definition) is 1. The second kappa shape index (κ2) is 8.75. The Hall–Kier alpha value is -2.49. The molecule has 3 rings (SSSR count). The topological polar surface area (TPSA) is 47.6 Å². The molecular weight excluding hydrogens is 326 g/mol. The highest BCUT2D eigenvalue weighted by Gasteiger charge is 2.18. The summed E-state index contributed by atoms with van der Waals surface area (Å²) >= 11 is 0. The van der Waals surface area contributed by atoms with Crippen LogP contribution < -0.4 is 14.8 Å². The van der Waals surface area contributed by atoms with Gasteiger partial charge in [0.2, 0.25) is 0 Å². The van der Waals surface area contributed by atoms with E-state index in [1.54, 1.807) is 6.92 Å². The minimum atomic E-state index is -0.572. The molecule has 4 nitrogen and oxygen atoms in total. The number of carbonyl (C=O) groups is 1. The van der Waals surface area contributed by atoms with Gasteiger partial charge in [-0.15, -0.1) is 0 Å². The van der Waals surface area contributed by atoms with E-state index in [0.717, 1.165) is 42.0 Å². The Balaban J connectivity index is 1.55. The summed E-state index contributed by atoms with van der Waals surface area (Å²) in [5, 5.41) is 2.90. The minimum absolute atomic E-state index is 0.166. The number of amides is 1. The molecule has 1 aliphatic carbocycles. The third kappa shape index (κ3) is 4.78. The quantitative estimate of drug-likeness (QED) is 0.764. The van der Waals surface area contributed by atoms with Crippen LogP contribution in [0.2, 0.25) is 0 Å². The fourth-order valence-corrected chi connectivity index (χ4v) is 3.21. The summed E-state index contributed by atoms with van der Waals surface area (Å²) in [5.74, 6) is 1.45. The second-order valence-corrected chi connectivity index (χ2v) is 6.76. The third-order valence-electron chi connectivity index (χ3n) is 4.75. The highest BCUT2D eigenvalue weighted by atomic mass is 16.5. The van der Waals surface area contributed by atoms with Gasteiger partial charge in [0.15, 0.2) is 6.10 Å². The monoisotopic (exact) mass is 353 g/mol. The Morgan fingerprint density at radius 1 is 1.12 bits per heavy atom. The first-order valence-corrected chi connectivity index (χ1v) is 9.48. The van der Waals surface area contributed by atoms with E-state index in [9.17, 15) is 4.79 Å². The molecule has 1 N–H and O–H groups in total. The smallest absolute Gasteiger partial charge is 0.265 e. The van der Waals surface area contributed by atoms with Crippen LogP contribution in [-0.4, -0.2) is 18.1 Å². The highest BCUT2D eigenvalue weighted by Crippen LogP contribution is 2.25. The maximum atomic E-state index is 12.4. The first-order valence-electron chi connectivity index (χ1n) is 9.48. The number of aryl methyl sites for hydroxylation is 1. The van der Waals surface area contributed by atoms with Gasteiger partial charge < -0.3 is 14.8 Å². The lowest BCUT2D eigenvalue weighted by Crippen LogP contribution is -2.30. The zero-order chi connectivity index (χ0) is 18.4. The Bertz CT molecular complexity index is 720. The molecular formula is C22H27NO3. The van der Waals surface area contributed by atoms with Crippen molar-refractivity contribution in [3.63, 3.8) is 0 Å². The maximum Gasteiger partial charge on any atom is 0.265 e. The third-order valence-corrected chi connectivity index (χ3v) is 4.75. The van der Waals surface area contributed by atoms with Gasteiger partial charge in [0.25, 0.3) is 5.91 Å². The predicted molar refractivity (Wildman–Crippen MR) is 104 cm³/mol. The van der Waals surface area contributed by atoms with Crippen LogP contribution >= 0.6 is 0 Å². The summed E-state index contributed by atoms with van der Waals surface area (Å²) in [5.41, 5.74) is 1.84. The molecule has 1 atom stereocenters. The van der Waals surface area contributed by atoms with Gasteiger partial charge in [-0.2, -0.15) is 0 Å². The number of benzene rings is 2. The normalized spacial score (nSPS) is 15.5. The number of para-hydroxylation sites is 1. The van der Waals surface area contributed by atoms with Crippen molar-refractivity contribution in [2.45, 2.75) is 58.2 Å². The molecule has 0 spiro atoms. The molecule has 0 heterocycles. The standard InChI is InChI=1S/C22H27NO3/c1-3-17-8-4-7-11-21(17)25-16(2)22(24)23-18-12-14-20(15-13-18)26-19-9-5-6-10-19/h4,7-8,11-16,19H,3,5-6,9-10H2,1-2H3,(H,23,24)/t16-/m1/s1. The summed E-state index contributed by atoms with van der Waals surface area (Å²) < 4.78 is 11.8. The van der Waals surface area contributed by atoms with Gasteiger partial charge in [-0.1, -0.05) is 25.1 Å². The van der Waals surface area contributed by atoms with E-state index in [1.165, 1.54) is 12.8 Å². The van der Waals surface area contributed by atoms with Crippen LogP contribution in [0.3, 0.4) is 0 Å². The van der Waals surface area contributed by atoms with E-state index in [0.29, 0.717) is 6.10 Å². The molecule has 1 saturated carbocycles. The number of nitrogens with one attached hydrogen (secondary N) is 1. The van der Waals surface area contributed by atoms with Crippen molar-refractivity contribution in [3.05, 3.63) is 54.1 Å². The fourth-order valence-electron chi connectivity index (χ4n) is 3.21. The van der Waals surface area contributed by atoms with Crippen LogP contribution in [-0.2, 0) is 11.2 Å². The van der Waals surface area contributed by atoms with Crippen LogP contribution in [0.4, 0.5) is 5.69 Å². The largest absolute Gasteiger partial charge is 0.490 e. The van der Waals surface area contributed by atoms with Crippen LogP contribution in [0, 0.1) is 0 Å². The molecule has 2 aromatic carbocycles. The van der Waals surface area contributed by atoms with Crippen LogP contribution in [0.1, 0.15) is 45.1 Å². The number of carbonyl (C=O) groups excluding carboxylic acids is 1. The zero-order valence-corrected chi connectivity index (χ0v) is 15.5. The lowest BCUT2D eigenvalue weighted by Gasteiger charge is -2.17. The highest BCUT2D eigenvalue weighted by molar-refractivity contribution is 5.94. The maximum absolute atomic E-state index is 12.4. The Labute approximate surface area is 155 Å². The molecule has 1 aliphatic rings. The van der Waals surface area contributed by atoms with Gasteiger partial charge >= 0.3 is 0 Å². The molecule has 2 aromatic rings. The van der Waals surface area contributed by atoms with Gasteiger partial charge in [-0.3, -0.25) is 4.79 Å². The van der Waals surface area contributed by atoms with E-state index < -0.39 is 6.10 Å². The Kier molecular flexibility index (Phi) is 6.16. The van der Waals surface area contributed by atoms with Gasteiger partial charge in [0.1, 0.15) is 11.5 Å². The van der Waals surface area contributed by atoms with E-state index in [-0.39, 0.29) is 5.91 Å². The summed E-state index contributed by atoms with van der Waals surface area (Å²) in [7, 11) is 0.